The van der Waals surface area contributed by atoms with Gasteiger partial charge in [0.25, 0.3) is 10.0 Å². The van der Waals surface area contributed by atoms with Gasteiger partial charge in [-0.05, 0) is 30.2 Å². The second-order valence-corrected chi connectivity index (χ2v) is 6.79. The van der Waals surface area contributed by atoms with Crippen molar-refractivity contribution in [1.29, 1.82) is 0 Å². The predicted octanol–water partition coefficient (Wildman–Crippen LogP) is 2.14. The number of fused-ring (bicyclic) bond motifs is 1. The van der Waals surface area contributed by atoms with E-state index in [4.69, 9.17) is 11.6 Å². The summed E-state index contributed by atoms with van der Waals surface area (Å²) in [5, 5.41) is 5.80. The Morgan fingerprint density at radius 3 is 2.71 bits per heavy atom. The Kier molecular flexibility index (Phi) is 3.69. The maximum atomic E-state index is 12.4. The highest BCUT2D eigenvalue weighted by molar-refractivity contribution is 7.95. The maximum absolute atomic E-state index is 12.4. The molecule has 1 aliphatic heterocycles. The molecule has 110 valence electrons. The first-order chi connectivity index (χ1) is 10.1. The van der Waals surface area contributed by atoms with Gasteiger partial charge in [0.05, 0.1) is 5.41 Å². The molecule has 3 rings (SSSR count). The van der Waals surface area contributed by atoms with Crippen LogP contribution in [-0.4, -0.2) is 29.7 Å². The molecule has 0 atom stereocenters. The van der Waals surface area contributed by atoms with E-state index in [0.717, 1.165) is 5.56 Å². The first kappa shape index (κ1) is 14.1. The molecule has 2 heterocycles. The minimum absolute atomic E-state index is 0.363. The highest BCUT2D eigenvalue weighted by Gasteiger charge is 2.27. The first-order valence-corrected chi connectivity index (χ1v) is 8.28. The van der Waals surface area contributed by atoms with Gasteiger partial charge in [-0.15, -0.1) is 0 Å². The van der Waals surface area contributed by atoms with Crippen molar-refractivity contribution in [2.75, 3.05) is 10.8 Å². The van der Waals surface area contributed by atoms with Crippen LogP contribution < -0.4 is 4.31 Å². The third-order valence-corrected chi connectivity index (χ3v) is 4.85. The number of hydrogen-bond donors (Lipinski definition) is 0. The number of rotatable bonds is 3. The molecule has 0 saturated carbocycles. The average Bonchev–Trinajstić information content (AvgIpc) is 2.95. The summed E-state index contributed by atoms with van der Waals surface area (Å²) in [6.07, 6.45) is 3.62. The molecule has 0 N–H and O–H groups in total. The van der Waals surface area contributed by atoms with Crippen molar-refractivity contribution in [3.63, 3.8) is 0 Å². The van der Waals surface area contributed by atoms with Crippen LogP contribution in [0.2, 0.25) is 5.02 Å². The molecule has 0 amide bonds. The van der Waals surface area contributed by atoms with Crippen molar-refractivity contribution in [1.82, 2.24) is 14.8 Å². The van der Waals surface area contributed by atoms with Gasteiger partial charge in [-0.1, -0.05) is 23.7 Å². The van der Waals surface area contributed by atoms with E-state index < -0.39 is 10.0 Å². The molecule has 1 aromatic heterocycles. The quantitative estimate of drug-likeness (QED) is 0.867. The number of hydrogen-bond acceptors (Lipinski definition) is 4. The molecule has 0 aliphatic carbocycles. The topological polar surface area (TPSA) is 68.1 Å². The molecule has 0 spiro atoms. The fourth-order valence-corrected chi connectivity index (χ4v) is 3.48. The van der Waals surface area contributed by atoms with E-state index >= 15 is 0 Å². The molecule has 8 heteroatoms. The Labute approximate surface area is 127 Å². The fraction of sp³-hybridized carbons (Fsp3) is 0.231. The van der Waals surface area contributed by atoms with Gasteiger partial charge < -0.3 is 0 Å². The molecule has 0 saturated heterocycles. The minimum atomic E-state index is -3.58. The third-order valence-electron chi connectivity index (χ3n) is 3.16. The van der Waals surface area contributed by atoms with Gasteiger partial charge >= 0.3 is 0 Å². The van der Waals surface area contributed by atoms with E-state index in [1.165, 1.54) is 16.0 Å². The summed E-state index contributed by atoms with van der Waals surface area (Å²) >= 11 is 5.80. The van der Waals surface area contributed by atoms with E-state index in [1.807, 2.05) is 0 Å². The minimum Gasteiger partial charge on any atom is -0.234 e. The van der Waals surface area contributed by atoms with Crippen molar-refractivity contribution < 1.29 is 8.42 Å². The van der Waals surface area contributed by atoms with E-state index in [1.54, 1.807) is 35.0 Å². The molecule has 6 nitrogen and oxygen atoms in total. The number of halogens is 1. The number of sulfonamides is 1. The zero-order chi connectivity index (χ0) is 14.9. The number of aryl methyl sites for hydroxylation is 1. The lowest BCUT2D eigenvalue weighted by atomic mass is 10.2. The lowest BCUT2D eigenvalue weighted by Crippen LogP contribution is -2.36. The fourth-order valence-electron chi connectivity index (χ4n) is 2.13. The standard InChI is InChI=1S/C13H13ClN4O2S/c14-12-4-2-11(3-5-12)6-9-21(19,20)18-8-1-7-17-13(18)15-10-16-17/h2-6,9-10H,1,7-8H2/b9-6+. The Morgan fingerprint density at radius 2 is 1.95 bits per heavy atom. The second-order valence-electron chi connectivity index (χ2n) is 4.61. The van der Waals surface area contributed by atoms with Crippen molar-refractivity contribution in [3.8, 4) is 0 Å². The summed E-state index contributed by atoms with van der Waals surface area (Å²) in [5.74, 6) is 0.363. The van der Waals surface area contributed by atoms with Crippen LogP contribution in [0.5, 0.6) is 0 Å². The zero-order valence-corrected chi connectivity index (χ0v) is 12.6. The highest BCUT2D eigenvalue weighted by Crippen LogP contribution is 2.21. The van der Waals surface area contributed by atoms with Crippen LogP contribution in [0, 0.1) is 0 Å². The van der Waals surface area contributed by atoms with Crippen LogP contribution in [0.1, 0.15) is 12.0 Å². The molecule has 21 heavy (non-hydrogen) atoms. The van der Waals surface area contributed by atoms with E-state index in [-0.39, 0.29) is 0 Å². The Hall–Kier alpha value is -1.86. The van der Waals surface area contributed by atoms with Crippen LogP contribution in [0.3, 0.4) is 0 Å². The number of aromatic nitrogens is 3. The summed E-state index contributed by atoms with van der Waals surface area (Å²) in [5.41, 5.74) is 0.765. The molecule has 0 fully saturated rings. The summed E-state index contributed by atoms with van der Waals surface area (Å²) in [6.45, 7) is 1.09. The predicted molar refractivity (Wildman–Crippen MR) is 81.4 cm³/mol. The van der Waals surface area contributed by atoms with Crippen LogP contribution in [0.4, 0.5) is 5.95 Å². The summed E-state index contributed by atoms with van der Waals surface area (Å²) in [6, 6.07) is 6.94. The zero-order valence-electron chi connectivity index (χ0n) is 11.1. The molecular weight excluding hydrogens is 312 g/mol. The van der Waals surface area contributed by atoms with Gasteiger partial charge in [-0.2, -0.15) is 10.1 Å². The van der Waals surface area contributed by atoms with E-state index in [2.05, 4.69) is 10.1 Å². The van der Waals surface area contributed by atoms with Gasteiger partial charge in [0.1, 0.15) is 6.33 Å². The Balaban J connectivity index is 1.87. The van der Waals surface area contributed by atoms with Crippen molar-refractivity contribution in [2.24, 2.45) is 0 Å². The number of anilines is 1. The second kappa shape index (κ2) is 5.50. The van der Waals surface area contributed by atoms with Gasteiger partial charge in [-0.3, -0.25) is 0 Å². The molecule has 0 bridgehead atoms. The first-order valence-electron chi connectivity index (χ1n) is 6.40. The smallest absolute Gasteiger partial charge is 0.234 e. The van der Waals surface area contributed by atoms with Gasteiger partial charge in [0.2, 0.25) is 5.95 Å². The lowest BCUT2D eigenvalue weighted by molar-refractivity contribution is 0.533. The van der Waals surface area contributed by atoms with Crippen LogP contribution >= 0.6 is 11.6 Å². The van der Waals surface area contributed by atoms with Crippen LogP contribution in [0.15, 0.2) is 36.0 Å². The molecular formula is C13H13ClN4O2S. The lowest BCUT2D eigenvalue weighted by Gasteiger charge is -2.25. The molecule has 0 unspecified atom stereocenters. The molecule has 1 aromatic carbocycles. The molecule has 1 aliphatic rings. The SMILES string of the molecule is O=S(=O)(/C=C/c1ccc(Cl)cc1)N1CCCn2ncnc21. The van der Waals surface area contributed by atoms with Crippen molar-refractivity contribution >= 4 is 33.6 Å². The number of benzene rings is 1. The van der Waals surface area contributed by atoms with Gasteiger partial charge in [0.15, 0.2) is 0 Å². The summed E-state index contributed by atoms with van der Waals surface area (Å²) in [4.78, 5) is 4.02. The normalized spacial score (nSPS) is 15.4. The number of nitrogens with zero attached hydrogens (tertiary/aromatic N) is 4. The Morgan fingerprint density at radius 1 is 1.19 bits per heavy atom. The Bertz CT molecular complexity index is 768. The van der Waals surface area contributed by atoms with Crippen molar-refractivity contribution in [3.05, 3.63) is 46.6 Å². The monoisotopic (exact) mass is 324 g/mol. The molecule has 2 aromatic rings. The summed E-state index contributed by atoms with van der Waals surface area (Å²) < 4.78 is 27.7. The summed E-state index contributed by atoms with van der Waals surface area (Å²) in [7, 11) is -3.58. The average molecular weight is 325 g/mol. The maximum Gasteiger partial charge on any atom is 0.259 e. The van der Waals surface area contributed by atoms with Gasteiger partial charge in [0, 0.05) is 18.1 Å². The van der Waals surface area contributed by atoms with Crippen LogP contribution in [-0.2, 0) is 16.6 Å². The largest absolute Gasteiger partial charge is 0.259 e. The third kappa shape index (κ3) is 2.93. The van der Waals surface area contributed by atoms with Crippen molar-refractivity contribution in [2.45, 2.75) is 13.0 Å². The van der Waals surface area contributed by atoms with E-state index in [0.29, 0.717) is 30.5 Å². The highest BCUT2D eigenvalue weighted by atomic mass is 35.5. The van der Waals surface area contributed by atoms with Gasteiger partial charge in [-0.25, -0.2) is 17.4 Å². The van der Waals surface area contributed by atoms with Crippen LogP contribution in [0.25, 0.3) is 6.08 Å². The molecule has 0 radical (unpaired) electrons. The van der Waals surface area contributed by atoms with E-state index in [9.17, 15) is 8.42 Å².